The molecule has 5 heteroatoms. The van der Waals surface area contributed by atoms with Crippen LogP contribution in [0.3, 0.4) is 0 Å². The third-order valence-electron chi connectivity index (χ3n) is 1.46. The lowest BCUT2D eigenvalue weighted by molar-refractivity contribution is 0.0941. The maximum absolute atomic E-state index is 8.95. The fourth-order valence-corrected chi connectivity index (χ4v) is 0.821. The van der Waals surface area contributed by atoms with Crippen LogP contribution in [0.5, 0.6) is 0 Å². The van der Waals surface area contributed by atoms with Crippen LogP contribution in [0.25, 0.3) is 0 Å². The molecule has 0 saturated heterocycles. The molecule has 0 aromatic carbocycles. The first-order valence-corrected chi connectivity index (χ1v) is 3.81. The van der Waals surface area contributed by atoms with Gasteiger partial charge in [0, 0.05) is 19.3 Å². The highest BCUT2D eigenvalue weighted by atomic mass is 16.3. The number of aromatic nitrogens is 2. The lowest BCUT2D eigenvalue weighted by Crippen LogP contribution is -2.29. The standard InChI is InChI=1S/C7H13N3O2/c11-5-7(12)4-8-3-6-1-2-9-10-6/h1-2,7-8,11-12H,3-5H2,(H,9,10)/t7-/m1/s1. The summed E-state index contributed by atoms with van der Waals surface area (Å²) in [7, 11) is 0. The van der Waals surface area contributed by atoms with Crippen LogP contribution in [0.15, 0.2) is 12.3 Å². The van der Waals surface area contributed by atoms with Gasteiger partial charge in [0.15, 0.2) is 0 Å². The summed E-state index contributed by atoms with van der Waals surface area (Å²) in [4.78, 5) is 0. The predicted molar refractivity (Wildman–Crippen MR) is 43.4 cm³/mol. The molecule has 0 aliphatic carbocycles. The van der Waals surface area contributed by atoms with E-state index in [4.69, 9.17) is 10.2 Å². The number of nitrogens with zero attached hydrogens (tertiary/aromatic N) is 1. The van der Waals surface area contributed by atoms with Crippen molar-refractivity contribution in [2.24, 2.45) is 0 Å². The highest BCUT2D eigenvalue weighted by Crippen LogP contribution is 1.89. The highest BCUT2D eigenvalue weighted by molar-refractivity contribution is 4.96. The minimum absolute atomic E-state index is 0.215. The molecule has 1 atom stereocenters. The van der Waals surface area contributed by atoms with Crippen LogP contribution in [-0.2, 0) is 6.54 Å². The number of aliphatic hydroxyl groups is 2. The normalized spacial score (nSPS) is 13.2. The molecule has 1 aromatic rings. The molecule has 1 rings (SSSR count). The summed E-state index contributed by atoms with van der Waals surface area (Å²) in [5, 5.41) is 27.0. The van der Waals surface area contributed by atoms with Gasteiger partial charge in [-0.15, -0.1) is 0 Å². The predicted octanol–water partition coefficient (Wildman–Crippen LogP) is -1.15. The topological polar surface area (TPSA) is 81.2 Å². The van der Waals surface area contributed by atoms with Gasteiger partial charge in [-0.25, -0.2) is 0 Å². The van der Waals surface area contributed by atoms with Gasteiger partial charge in [0.1, 0.15) is 0 Å². The van der Waals surface area contributed by atoms with E-state index >= 15 is 0 Å². The Morgan fingerprint density at radius 3 is 3.08 bits per heavy atom. The van der Waals surface area contributed by atoms with Gasteiger partial charge < -0.3 is 15.5 Å². The second-order valence-corrected chi connectivity index (χ2v) is 2.53. The van der Waals surface area contributed by atoms with E-state index in [2.05, 4.69) is 15.5 Å². The Labute approximate surface area is 70.4 Å². The molecule has 0 fully saturated rings. The van der Waals surface area contributed by atoms with Gasteiger partial charge in [-0.05, 0) is 6.07 Å². The number of aromatic amines is 1. The first-order chi connectivity index (χ1) is 5.83. The summed E-state index contributed by atoms with van der Waals surface area (Å²) < 4.78 is 0. The van der Waals surface area contributed by atoms with E-state index in [1.807, 2.05) is 6.07 Å². The van der Waals surface area contributed by atoms with E-state index in [9.17, 15) is 0 Å². The van der Waals surface area contributed by atoms with E-state index in [-0.39, 0.29) is 6.61 Å². The van der Waals surface area contributed by atoms with Crippen molar-refractivity contribution in [3.63, 3.8) is 0 Å². The third kappa shape index (κ3) is 3.00. The molecule has 5 nitrogen and oxygen atoms in total. The van der Waals surface area contributed by atoms with Gasteiger partial charge >= 0.3 is 0 Å². The highest BCUT2D eigenvalue weighted by Gasteiger charge is 2.00. The van der Waals surface area contributed by atoms with Gasteiger partial charge in [0.05, 0.1) is 18.4 Å². The Bertz CT molecular complexity index is 200. The van der Waals surface area contributed by atoms with Crippen molar-refractivity contribution in [2.75, 3.05) is 13.2 Å². The number of H-pyrrole nitrogens is 1. The average molecular weight is 171 g/mol. The van der Waals surface area contributed by atoms with Crippen LogP contribution in [0.1, 0.15) is 5.69 Å². The minimum Gasteiger partial charge on any atom is -0.394 e. The Morgan fingerprint density at radius 1 is 1.67 bits per heavy atom. The largest absolute Gasteiger partial charge is 0.394 e. The smallest absolute Gasteiger partial charge is 0.0895 e. The molecule has 0 amide bonds. The van der Waals surface area contributed by atoms with Gasteiger partial charge in [0.2, 0.25) is 0 Å². The minimum atomic E-state index is -0.691. The van der Waals surface area contributed by atoms with Crippen molar-refractivity contribution < 1.29 is 10.2 Å². The second-order valence-electron chi connectivity index (χ2n) is 2.53. The summed E-state index contributed by atoms with van der Waals surface area (Å²) in [6.45, 7) is 0.761. The lowest BCUT2D eigenvalue weighted by atomic mass is 10.3. The molecule has 0 aliphatic rings. The molecule has 0 bridgehead atoms. The van der Waals surface area contributed by atoms with Gasteiger partial charge in [0.25, 0.3) is 0 Å². The summed E-state index contributed by atoms with van der Waals surface area (Å²) in [6.07, 6.45) is 1.04. The van der Waals surface area contributed by atoms with Crippen molar-refractivity contribution in [3.8, 4) is 0 Å². The zero-order valence-electron chi connectivity index (χ0n) is 6.70. The van der Waals surface area contributed by atoms with Gasteiger partial charge in [-0.2, -0.15) is 5.10 Å². The molecule has 0 aliphatic heterocycles. The van der Waals surface area contributed by atoms with Crippen molar-refractivity contribution in [1.29, 1.82) is 0 Å². The van der Waals surface area contributed by atoms with Crippen LogP contribution < -0.4 is 5.32 Å². The summed E-state index contributed by atoms with van der Waals surface area (Å²) in [6, 6.07) is 1.85. The van der Waals surface area contributed by atoms with Crippen LogP contribution in [0, 0.1) is 0 Å². The molecule has 0 radical (unpaired) electrons. The zero-order chi connectivity index (χ0) is 8.81. The molecule has 0 unspecified atom stereocenters. The number of hydrogen-bond donors (Lipinski definition) is 4. The van der Waals surface area contributed by atoms with Crippen molar-refractivity contribution in [2.45, 2.75) is 12.6 Å². The summed E-state index contributed by atoms with van der Waals surface area (Å²) in [5.74, 6) is 0. The molecule has 68 valence electrons. The molecule has 4 N–H and O–H groups in total. The maximum atomic E-state index is 8.95. The number of hydrogen-bond acceptors (Lipinski definition) is 4. The fourth-order valence-electron chi connectivity index (χ4n) is 0.821. The van der Waals surface area contributed by atoms with E-state index in [0.29, 0.717) is 13.1 Å². The van der Waals surface area contributed by atoms with Crippen LogP contribution in [0.4, 0.5) is 0 Å². The Hall–Kier alpha value is -0.910. The molecule has 1 heterocycles. The van der Waals surface area contributed by atoms with Crippen LogP contribution >= 0.6 is 0 Å². The first kappa shape index (κ1) is 9.18. The lowest BCUT2D eigenvalue weighted by Gasteiger charge is -2.06. The molecular formula is C7H13N3O2. The van der Waals surface area contributed by atoms with E-state index in [0.717, 1.165) is 5.69 Å². The Kier molecular flexibility index (Phi) is 3.72. The summed E-state index contributed by atoms with van der Waals surface area (Å²) >= 11 is 0. The zero-order valence-corrected chi connectivity index (χ0v) is 6.70. The Balaban J connectivity index is 2.11. The van der Waals surface area contributed by atoms with Crippen molar-refractivity contribution >= 4 is 0 Å². The second kappa shape index (κ2) is 4.87. The fraction of sp³-hybridized carbons (Fsp3) is 0.571. The first-order valence-electron chi connectivity index (χ1n) is 3.81. The van der Waals surface area contributed by atoms with Gasteiger partial charge in [-0.1, -0.05) is 0 Å². The summed E-state index contributed by atoms with van der Waals surface area (Å²) in [5.41, 5.74) is 0.889. The van der Waals surface area contributed by atoms with Crippen LogP contribution in [-0.4, -0.2) is 39.7 Å². The maximum Gasteiger partial charge on any atom is 0.0895 e. The molecule has 12 heavy (non-hydrogen) atoms. The third-order valence-corrected chi connectivity index (χ3v) is 1.46. The van der Waals surface area contributed by atoms with E-state index in [1.165, 1.54) is 0 Å². The average Bonchev–Trinajstić information content (AvgIpc) is 2.57. The number of nitrogens with one attached hydrogen (secondary N) is 2. The van der Waals surface area contributed by atoms with Crippen molar-refractivity contribution in [3.05, 3.63) is 18.0 Å². The molecular weight excluding hydrogens is 158 g/mol. The SMILES string of the molecule is OC[C@H](O)CNCc1cc[nH]n1. The molecule has 0 spiro atoms. The quantitative estimate of drug-likeness (QED) is 0.451. The van der Waals surface area contributed by atoms with E-state index in [1.54, 1.807) is 6.20 Å². The van der Waals surface area contributed by atoms with Crippen molar-refractivity contribution in [1.82, 2.24) is 15.5 Å². The van der Waals surface area contributed by atoms with Crippen LogP contribution in [0.2, 0.25) is 0 Å². The monoisotopic (exact) mass is 171 g/mol. The van der Waals surface area contributed by atoms with E-state index < -0.39 is 6.10 Å². The van der Waals surface area contributed by atoms with Gasteiger partial charge in [-0.3, -0.25) is 5.10 Å². The number of rotatable bonds is 5. The Morgan fingerprint density at radius 2 is 2.50 bits per heavy atom. The molecule has 1 aromatic heterocycles. The number of aliphatic hydroxyl groups excluding tert-OH is 2. The molecule has 0 saturated carbocycles.